The molecule has 0 aliphatic rings. The number of nitrogens with zero attached hydrogens (tertiary/aromatic N) is 4. The highest BCUT2D eigenvalue weighted by atomic mass is 32.2. The van der Waals surface area contributed by atoms with Crippen molar-refractivity contribution in [2.75, 3.05) is 12.3 Å². The fraction of sp³-hybridized carbons (Fsp3) is 0.387. The molecule has 0 spiro atoms. The minimum absolute atomic E-state index is 0.0392. The number of nitrogen functional groups attached to an aromatic ring is 1. The van der Waals surface area contributed by atoms with Gasteiger partial charge >= 0.3 is 0 Å². The zero-order valence-electron chi connectivity index (χ0n) is 23.2. The van der Waals surface area contributed by atoms with Gasteiger partial charge in [0.25, 0.3) is 4.87 Å². The van der Waals surface area contributed by atoms with Gasteiger partial charge in [-0.2, -0.15) is 0 Å². The number of hydrogen-bond acceptors (Lipinski definition) is 6. The lowest BCUT2D eigenvalue weighted by Crippen LogP contribution is -2.27. The Morgan fingerprint density at radius 2 is 1.88 bits per heavy atom. The van der Waals surface area contributed by atoms with E-state index in [0.29, 0.717) is 23.0 Å². The van der Waals surface area contributed by atoms with Crippen molar-refractivity contribution in [2.45, 2.75) is 70.2 Å². The fourth-order valence-corrected chi connectivity index (χ4v) is 6.27. The number of thiocarbonyl (C=S) groups is 1. The summed E-state index contributed by atoms with van der Waals surface area (Å²) in [7, 11) is 0. The van der Waals surface area contributed by atoms with Crippen molar-refractivity contribution in [3.05, 3.63) is 77.4 Å². The van der Waals surface area contributed by atoms with E-state index in [-0.39, 0.29) is 12.3 Å². The summed E-state index contributed by atoms with van der Waals surface area (Å²) in [6, 6.07) is 17.7. The zero-order chi connectivity index (χ0) is 28.5. The summed E-state index contributed by atoms with van der Waals surface area (Å²) in [5.41, 5.74) is 9.92. The van der Waals surface area contributed by atoms with Crippen molar-refractivity contribution in [3.8, 4) is 0 Å². The van der Waals surface area contributed by atoms with Crippen LogP contribution in [-0.4, -0.2) is 36.1 Å². The van der Waals surface area contributed by atoms with Crippen LogP contribution in [0.4, 0.5) is 5.82 Å². The molecule has 1 unspecified atom stereocenters. The number of rotatable bonds is 13. The standard InChI is InChI=1S/C31H36N6OS2/c1-4-5-17-25-36-27-28(23-15-9-10-16-24(23)35-29(27)32)37(25)21-12-11-20-34-26(38)18-19-31(2,33-3)40-30(39)22-13-7-6-8-14-22/h6-10,13-16H,4-5,11-12,17-21H2,1-2H3,(H2,32,35)(H,34,38). The van der Waals surface area contributed by atoms with E-state index in [9.17, 15) is 4.79 Å². The number of nitrogens with two attached hydrogens (primary N) is 1. The number of carbonyl (C=O) groups is 1. The Morgan fingerprint density at radius 1 is 1.12 bits per heavy atom. The molecule has 2 heterocycles. The average molecular weight is 573 g/mol. The van der Waals surface area contributed by atoms with Gasteiger partial charge in [-0.25, -0.2) is 16.5 Å². The van der Waals surface area contributed by atoms with Crippen molar-refractivity contribution in [1.29, 1.82) is 0 Å². The smallest absolute Gasteiger partial charge is 0.280 e. The van der Waals surface area contributed by atoms with Crippen LogP contribution in [0, 0.1) is 6.57 Å². The first-order valence-electron chi connectivity index (χ1n) is 13.8. The number of carbonyl (C=O) groups excluding carboxylic acids is 1. The Bertz CT molecular complexity index is 1530. The van der Waals surface area contributed by atoms with E-state index in [1.165, 1.54) is 11.8 Å². The van der Waals surface area contributed by atoms with Crippen LogP contribution in [0.1, 0.15) is 63.8 Å². The Kier molecular flexibility index (Phi) is 10.1. The van der Waals surface area contributed by atoms with Crippen molar-refractivity contribution in [2.24, 2.45) is 0 Å². The van der Waals surface area contributed by atoms with Crippen LogP contribution in [0.2, 0.25) is 0 Å². The van der Waals surface area contributed by atoms with Crippen LogP contribution < -0.4 is 11.1 Å². The third-order valence-electron chi connectivity index (χ3n) is 6.95. The molecule has 7 nitrogen and oxygen atoms in total. The highest BCUT2D eigenvalue weighted by Crippen LogP contribution is 2.35. The molecule has 208 valence electrons. The Morgan fingerprint density at radius 3 is 2.62 bits per heavy atom. The van der Waals surface area contributed by atoms with Gasteiger partial charge in [0.1, 0.15) is 11.3 Å². The van der Waals surface area contributed by atoms with Gasteiger partial charge in [0.15, 0.2) is 5.82 Å². The Hall–Kier alpha value is -3.48. The molecule has 0 saturated carbocycles. The molecule has 0 aliphatic carbocycles. The van der Waals surface area contributed by atoms with Gasteiger partial charge in [-0.05, 0) is 42.7 Å². The van der Waals surface area contributed by atoms with Crippen LogP contribution in [0.15, 0.2) is 54.6 Å². The van der Waals surface area contributed by atoms with Crippen molar-refractivity contribution >= 4 is 61.8 Å². The van der Waals surface area contributed by atoms with Crippen LogP contribution in [0.5, 0.6) is 0 Å². The van der Waals surface area contributed by atoms with Crippen molar-refractivity contribution in [3.63, 3.8) is 0 Å². The monoisotopic (exact) mass is 572 g/mol. The molecule has 2 aromatic carbocycles. The van der Waals surface area contributed by atoms with Gasteiger partial charge < -0.3 is 15.6 Å². The molecule has 4 aromatic rings. The van der Waals surface area contributed by atoms with E-state index in [1.807, 2.05) is 55.5 Å². The number of thioether (sulfide) groups is 1. The van der Waals surface area contributed by atoms with Crippen LogP contribution in [-0.2, 0) is 17.8 Å². The average Bonchev–Trinajstić information content (AvgIpc) is 3.34. The number of unbranched alkanes of at least 4 members (excludes halogenated alkanes) is 2. The Labute approximate surface area is 245 Å². The third kappa shape index (κ3) is 7.18. The summed E-state index contributed by atoms with van der Waals surface area (Å²) in [6.07, 6.45) is 5.49. The van der Waals surface area contributed by atoms with Crippen LogP contribution in [0.3, 0.4) is 0 Å². The summed E-state index contributed by atoms with van der Waals surface area (Å²) in [4.78, 5) is 25.1. The molecule has 0 aliphatic heterocycles. The lowest BCUT2D eigenvalue weighted by Gasteiger charge is -2.17. The summed E-state index contributed by atoms with van der Waals surface area (Å²) in [5.74, 6) is 1.46. The molecule has 0 saturated heterocycles. The molecule has 0 bridgehead atoms. The minimum Gasteiger partial charge on any atom is -0.382 e. The van der Waals surface area contributed by atoms with Crippen LogP contribution in [0.25, 0.3) is 26.8 Å². The third-order valence-corrected chi connectivity index (χ3v) is 8.59. The number of nitrogens with one attached hydrogen (secondary N) is 1. The van der Waals surface area contributed by atoms with E-state index in [2.05, 4.69) is 32.7 Å². The van der Waals surface area contributed by atoms with Crippen molar-refractivity contribution < 1.29 is 4.79 Å². The van der Waals surface area contributed by atoms with Gasteiger partial charge in [-0.3, -0.25) is 9.64 Å². The molecular weight excluding hydrogens is 537 g/mol. The Balaban J connectivity index is 1.32. The summed E-state index contributed by atoms with van der Waals surface area (Å²) >= 11 is 6.90. The van der Waals surface area contributed by atoms with Gasteiger partial charge in [-0.15, -0.1) is 0 Å². The number of imidazole rings is 1. The lowest BCUT2D eigenvalue weighted by molar-refractivity contribution is -0.121. The molecule has 1 atom stereocenters. The first kappa shape index (κ1) is 29.5. The molecule has 2 aromatic heterocycles. The molecule has 0 fully saturated rings. The molecule has 3 N–H and O–H groups in total. The largest absolute Gasteiger partial charge is 0.382 e. The quantitative estimate of drug-likeness (QED) is 0.103. The van der Waals surface area contributed by atoms with E-state index in [0.717, 1.165) is 72.0 Å². The fourth-order valence-electron chi connectivity index (χ4n) is 4.69. The van der Waals surface area contributed by atoms with E-state index in [4.69, 9.17) is 29.5 Å². The van der Waals surface area contributed by atoms with E-state index in [1.54, 1.807) is 0 Å². The summed E-state index contributed by atoms with van der Waals surface area (Å²) in [5, 5.41) is 4.09. The minimum atomic E-state index is -0.777. The summed E-state index contributed by atoms with van der Waals surface area (Å²) < 4.78 is 2.97. The number of para-hydroxylation sites is 1. The lowest BCUT2D eigenvalue weighted by atomic mass is 10.1. The second-order valence-electron chi connectivity index (χ2n) is 10.1. The normalized spacial score (nSPS) is 12.7. The number of aromatic nitrogens is 3. The zero-order valence-corrected chi connectivity index (χ0v) is 24.8. The van der Waals surface area contributed by atoms with Gasteiger partial charge in [0.05, 0.1) is 15.2 Å². The molecule has 9 heteroatoms. The second-order valence-corrected chi connectivity index (χ2v) is 12.3. The van der Waals surface area contributed by atoms with Gasteiger partial charge in [-0.1, -0.05) is 74.1 Å². The predicted molar refractivity (Wildman–Crippen MR) is 170 cm³/mol. The molecular formula is C31H36N6OS2. The first-order valence-corrected chi connectivity index (χ1v) is 15.0. The second kappa shape index (κ2) is 13.7. The van der Waals surface area contributed by atoms with Crippen LogP contribution >= 0.6 is 24.0 Å². The number of benzene rings is 2. The number of fused-ring (bicyclic) bond motifs is 3. The predicted octanol–water partition coefficient (Wildman–Crippen LogP) is 6.93. The van der Waals surface area contributed by atoms with Crippen molar-refractivity contribution in [1.82, 2.24) is 19.9 Å². The number of amides is 1. The number of hydrogen-bond donors (Lipinski definition) is 2. The molecule has 40 heavy (non-hydrogen) atoms. The highest BCUT2D eigenvalue weighted by Gasteiger charge is 2.33. The molecule has 4 rings (SSSR count). The highest BCUT2D eigenvalue weighted by molar-refractivity contribution is 8.24. The maximum absolute atomic E-state index is 12.6. The SMILES string of the molecule is [C-]#[N+]C(C)(CCC(=O)NCCCCn1c(CCCC)nc2c(N)nc3ccccc3c21)SC(=S)c1ccccc1. The topological polar surface area (TPSA) is 90.2 Å². The molecule has 0 radical (unpaired) electrons. The number of anilines is 1. The van der Waals surface area contributed by atoms with Gasteiger partial charge in [0, 0.05) is 44.7 Å². The number of aryl methyl sites for hydroxylation is 2. The summed E-state index contributed by atoms with van der Waals surface area (Å²) in [6.45, 7) is 13.1. The van der Waals surface area contributed by atoms with E-state index >= 15 is 0 Å². The maximum atomic E-state index is 12.6. The molecule has 1 amide bonds. The van der Waals surface area contributed by atoms with E-state index < -0.39 is 4.87 Å². The first-order chi connectivity index (χ1) is 19.3. The number of pyridine rings is 1. The van der Waals surface area contributed by atoms with Gasteiger partial charge in [0.2, 0.25) is 5.91 Å². The maximum Gasteiger partial charge on any atom is 0.280 e.